The van der Waals surface area contributed by atoms with Crippen molar-refractivity contribution < 1.29 is 10.2 Å². The number of nitrogens with zero attached hydrogens (tertiary/aromatic N) is 7. The summed E-state index contributed by atoms with van der Waals surface area (Å²) in [6, 6.07) is 14.0. The Morgan fingerprint density at radius 2 is 1.33 bits per heavy atom. The molecular weight excluding hydrogens is 454 g/mol. The number of aryl methyl sites for hydroxylation is 4. The van der Waals surface area contributed by atoms with Crippen molar-refractivity contribution in [3.05, 3.63) is 83.2 Å². The maximum atomic E-state index is 10.2. The van der Waals surface area contributed by atoms with Crippen molar-refractivity contribution in [1.82, 2.24) is 24.5 Å². The summed E-state index contributed by atoms with van der Waals surface area (Å²) in [5.41, 5.74) is 3.29. The van der Waals surface area contributed by atoms with Gasteiger partial charge in [0.1, 0.15) is 23.1 Å². The van der Waals surface area contributed by atoms with Gasteiger partial charge in [-0.1, -0.05) is 31.2 Å². The zero-order chi connectivity index (χ0) is 25.7. The molecule has 9 nitrogen and oxygen atoms in total. The lowest BCUT2D eigenvalue weighted by Crippen LogP contribution is -2.08. The van der Waals surface area contributed by atoms with Gasteiger partial charge >= 0.3 is 0 Å². The molecule has 0 unspecified atom stereocenters. The fraction of sp³-hybridized carbons (Fsp3) is 0.259. The molecule has 0 saturated carbocycles. The number of aliphatic imine (C=N–C) groups is 2. The van der Waals surface area contributed by atoms with Gasteiger partial charge in [-0.05, 0) is 45.0 Å². The van der Waals surface area contributed by atoms with Crippen molar-refractivity contribution in [3.8, 4) is 11.5 Å². The summed E-state index contributed by atoms with van der Waals surface area (Å²) >= 11 is 0. The van der Waals surface area contributed by atoms with Crippen LogP contribution >= 0.6 is 0 Å². The lowest BCUT2D eigenvalue weighted by molar-refractivity contribution is 0.473. The molecule has 184 valence electrons. The van der Waals surface area contributed by atoms with Gasteiger partial charge in [-0.25, -0.2) is 15.0 Å². The lowest BCUT2D eigenvalue weighted by atomic mass is 10.1. The zero-order valence-electron chi connectivity index (χ0n) is 20.8. The van der Waals surface area contributed by atoms with Gasteiger partial charge in [-0.2, -0.15) is 15.0 Å². The fourth-order valence-electron chi connectivity index (χ4n) is 3.88. The Morgan fingerprint density at radius 1 is 0.806 bits per heavy atom. The molecule has 0 fully saturated rings. The second kappa shape index (κ2) is 10.9. The first-order chi connectivity index (χ1) is 17.3. The minimum atomic E-state index is 0.129. The quantitative estimate of drug-likeness (QED) is 0.345. The molecule has 0 saturated heterocycles. The molecule has 9 heteroatoms. The van der Waals surface area contributed by atoms with E-state index in [1.54, 1.807) is 50.2 Å². The van der Waals surface area contributed by atoms with Gasteiger partial charge in [-0.3, -0.25) is 0 Å². The van der Waals surface area contributed by atoms with Crippen LogP contribution in [0.2, 0.25) is 0 Å². The van der Waals surface area contributed by atoms with Crippen LogP contribution in [0.3, 0.4) is 0 Å². The van der Waals surface area contributed by atoms with Gasteiger partial charge in [0.25, 0.3) is 11.9 Å². The van der Waals surface area contributed by atoms with Crippen molar-refractivity contribution in [3.63, 3.8) is 0 Å². The summed E-state index contributed by atoms with van der Waals surface area (Å²) in [5.74, 6) is 2.19. The standard InChI is InChI=1S/C27H29N7O2/c1-5-25-28-17(2)16-34(25)15-14-24-31-26(29-18(3)20-10-6-8-12-22(20)35)33-27(32-24)30-19(4)21-11-7-9-13-23(21)36/h6-13,16,35-36H,5,14-15H2,1-4H3. The van der Waals surface area contributed by atoms with E-state index in [0.717, 1.165) is 17.9 Å². The predicted octanol–water partition coefficient (Wildman–Crippen LogP) is 4.87. The Bertz CT molecular complexity index is 1360. The molecule has 0 radical (unpaired) electrons. The molecule has 4 aromatic rings. The zero-order valence-corrected chi connectivity index (χ0v) is 20.8. The first-order valence-corrected chi connectivity index (χ1v) is 11.8. The highest BCUT2D eigenvalue weighted by Gasteiger charge is 2.12. The smallest absolute Gasteiger partial charge is 0.254 e. The number of phenolic OH excluding ortho intramolecular Hbond substituents is 2. The van der Waals surface area contributed by atoms with E-state index in [0.29, 0.717) is 41.3 Å². The Labute approximate surface area is 210 Å². The molecule has 36 heavy (non-hydrogen) atoms. The summed E-state index contributed by atoms with van der Waals surface area (Å²) in [7, 11) is 0. The van der Waals surface area contributed by atoms with Crippen molar-refractivity contribution in [2.75, 3.05) is 0 Å². The van der Waals surface area contributed by atoms with E-state index in [-0.39, 0.29) is 23.4 Å². The molecular formula is C27H29N7O2. The third kappa shape index (κ3) is 5.80. The molecule has 0 aliphatic rings. The van der Waals surface area contributed by atoms with Crippen LogP contribution in [-0.2, 0) is 19.4 Å². The first kappa shape index (κ1) is 24.7. The molecule has 2 aromatic heterocycles. The Hall–Kier alpha value is -4.40. The molecule has 0 aliphatic heterocycles. The number of aromatic hydroxyl groups is 2. The van der Waals surface area contributed by atoms with Crippen LogP contribution in [0.15, 0.2) is 64.7 Å². The van der Waals surface area contributed by atoms with E-state index in [1.807, 2.05) is 25.3 Å². The van der Waals surface area contributed by atoms with Crippen molar-refractivity contribution in [2.24, 2.45) is 9.98 Å². The first-order valence-electron chi connectivity index (χ1n) is 11.8. The van der Waals surface area contributed by atoms with E-state index in [2.05, 4.69) is 41.4 Å². The fourth-order valence-corrected chi connectivity index (χ4v) is 3.88. The SMILES string of the molecule is CCc1nc(C)cn1CCc1nc(N=C(C)c2ccccc2O)nc(N=C(C)c2ccccc2O)n1. The van der Waals surface area contributed by atoms with Crippen LogP contribution in [0, 0.1) is 6.92 Å². The largest absolute Gasteiger partial charge is 0.507 e. The number of rotatable bonds is 8. The lowest BCUT2D eigenvalue weighted by Gasteiger charge is -2.08. The molecule has 0 bridgehead atoms. The molecule has 4 rings (SSSR count). The maximum absolute atomic E-state index is 10.2. The van der Waals surface area contributed by atoms with Gasteiger partial charge < -0.3 is 14.8 Å². The summed E-state index contributed by atoms with van der Waals surface area (Å²) in [6.45, 7) is 8.27. The molecule has 2 heterocycles. The predicted molar refractivity (Wildman–Crippen MR) is 140 cm³/mol. The van der Waals surface area contributed by atoms with Crippen LogP contribution in [0.5, 0.6) is 11.5 Å². The molecule has 0 amide bonds. The van der Waals surface area contributed by atoms with E-state index in [1.165, 1.54) is 0 Å². The van der Waals surface area contributed by atoms with Crippen LogP contribution < -0.4 is 0 Å². The number of benzene rings is 2. The van der Waals surface area contributed by atoms with Crippen LogP contribution in [0.25, 0.3) is 0 Å². The Balaban J connectivity index is 1.72. The number of para-hydroxylation sites is 2. The number of hydrogen-bond acceptors (Lipinski definition) is 8. The van der Waals surface area contributed by atoms with E-state index in [4.69, 9.17) is 0 Å². The van der Waals surface area contributed by atoms with E-state index in [9.17, 15) is 10.2 Å². The van der Waals surface area contributed by atoms with E-state index < -0.39 is 0 Å². The number of imidazole rings is 1. The van der Waals surface area contributed by atoms with Crippen LogP contribution in [0.1, 0.15) is 49.2 Å². The molecule has 0 spiro atoms. The average molecular weight is 484 g/mol. The monoisotopic (exact) mass is 483 g/mol. The number of hydrogen-bond donors (Lipinski definition) is 2. The minimum Gasteiger partial charge on any atom is -0.507 e. The van der Waals surface area contributed by atoms with E-state index >= 15 is 0 Å². The third-order valence-corrected chi connectivity index (χ3v) is 5.65. The highest BCUT2D eigenvalue weighted by Crippen LogP contribution is 2.22. The van der Waals surface area contributed by atoms with Gasteiger partial charge in [0, 0.05) is 36.7 Å². The summed E-state index contributed by atoms with van der Waals surface area (Å²) < 4.78 is 2.10. The molecule has 2 aromatic carbocycles. The second-order valence-electron chi connectivity index (χ2n) is 8.38. The molecule has 0 atom stereocenters. The highest BCUT2D eigenvalue weighted by molar-refractivity contribution is 6.02. The van der Waals surface area contributed by atoms with Crippen LogP contribution in [0.4, 0.5) is 11.9 Å². The topological polar surface area (TPSA) is 122 Å². The minimum absolute atomic E-state index is 0.129. The van der Waals surface area contributed by atoms with Crippen molar-refractivity contribution in [1.29, 1.82) is 0 Å². The highest BCUT2D eigenvalue weighted by atomic mass is 16.3. The van der Waals surface area contributed by atoms with Crippen molar-refractivity contribution >= 4 is 23.3 Å². The van der Waals surface area contributed by atoms with Crippen LogP contribution in [-0.4, -0.2) is 46.1 Å². The number of aromatic nitrogens is 5. The number of phenols is 2. The van der Waals surface area contributed by atoms with Gasteiger partial charge in [0.15, 0.2) is 0 Å². The third-order valence-electron chi connectivity index (χ3n) is 5.65. The van der Waals surface area contributed by atoms with Gasteiger partial charge in [-0.15, -0.1) is 0 Å². The average Bonchev–Trinajstić information content (AvgIpc) is 3.22. The maximum Gasteiger partial charge on any atom is 0.254 e. The van der Waals surface area contributed by atoms with Crippen molar-refractivity contribution in [2.45, 2.75) is 47.1 Å². The second-order valence-corrected chi connectivity index (χ2v) is 8.38. The molecule has 0 aliphatic carbocycles. The Morgan fingerprint density at radius 3 is 1.83 bits per heavy atom. The molecule has 2 N–H and O–H groups in total. The summed E-state index contributed by atoms with van der Waals surface area (Å²) in [4.78, 5) is 27.2. The normalized spacial score (nSPS) is 12.2. The Kier molecular flexibility index (Phi) is 7.48. The summed E-state index contributed by atoms with van der Waals surface area (Å²) in [5, 5.41) is 20.4. The van der Waals surface area contributed by atoms with Gasteiger partial charge in [0.2, 0.25) is 0 Å². The summed E-state index contributed by atoms with van der Waals surface area (Å²) in [6.07, 6.45) is 3.38. The van der Waals surface area contributed by atoms with Gasteiger partial charge in [0.05, 0.1) is 17.1 Å².